The molecule has 0 aliphatic carbocycles. The first-order valence-corrected chi connectivity index (χ1v) is 1.28. The van der Waals surface area contributed by atoms with Gasteiger partial charge in [-0.1, -0.05) is 0 Å². The molecule has 43 valence electrons. The van der Waals surface area contributed by atoms with Gasteiger partial charge >= 0.3 is 21.1 Å². The average molecular weight is 356 g/mol. The standard InChI is InChI=1S/C4H4O.CH3.W.Y/c1-2-3-4-5;;;/h3H,1H3;1H3;;/q-2;-1;+2;. The monoisotopic (exact) mass is 356 g/mol. The predicted octanol–water partition coefficient (Wildman–Crippen LogP) is 0.921. The molecule has 3 heteroatoms. The first kappa shape index (κ1) is 22.9. The Morgan fingerprint density at radius 2 is 1.88 bits per heavy atom. The third-order valence-electron chi connectivity index (χ3n) is 0.203. The molecule has 0 aliphatic rings. The minimum atomic E-state index is 0. The van der Waals surface area contributed by atoms with Crippen molar-refractivity contribution in [2.24, 2.45) is 0 Å². The molecule has 0 rings (SSSR count). The fourth-order valence-electron chi connectivity index (χ4n) is 0.0589. The van der Waals surface area contributed by atoms with Crippen molar-refractivity contribution in [3.8, 4) is 0 Å². The van der Waals surface area contributed by atoms with Crippen LogP contribution in [0, 0.1) is 13.5 Å². The second-order valence-corrected chi connectivity index (χ2v) is 0.551. The van der Waals surface area contributed by atoms with Crippen LogP contribution >= 0.6 is 0 Å². The molecule has 0 unspecified atom stereocenters. The van der Waals surface area contributed by atoms with Crippen molar-refractivity contribution in [1.29, 1.82) is 0 Å². The second kappa shape index (κ2) is 24.1. The van der Waals surface area contributed by atoms with Crippen molar-refractivity contribution in [1.82, 2.24) is 0 Å². The van der Waals surface area contributed by atoms with Gasteiger partial charge in [0, 0.05) is 32.7 Å². The molecule has 0 amide bonds. The predicted molar refractivity (Wildman–Crippen MR) is 25.6 cm³/mol. The van der Waals surface area contributed by atoms with E-state index in [0.717, 1.165) is 0 Å². The van der Waals surface area contributed by atoms with E-state index >= 15 is 0 Å². The summed E-state index contributed by atoms with van der Waals surface area (Å²) in [6.45, 7) is 1.64. The number of allylic oxidation sites excluding steroid dienone is 2. The van der Waals surface area contributed by atoms with Gasteiger partial charge in [0.2, 0.25) is 0 Å². The van der Waals surface area contributed by atoms with Crippen LogP contribution in [0.4, 0.5) is 0 Å². The SMILES string of the molecule is C[C-]=C[C-]=O.[CH3-].[W+2].[Y]. The van der Waals surface area contributed by atoms with E-state index in [1.807, 2.05) is 0 Å². The second-order valence-electron chi connectivity index (χ2n) is 0.551. The summed E-state index contributed by atoms with van der Waals surface area (Å²) >= 11 is 0. The van der Waals surface area contributed by atoms with Crippen molar-refractivity contribution >= 4 is 6.29 Å². The van der Waals surface area contributed by atoms with Gasteiger partial charge in [0.25, 0.3) is 0 Å². The molecule has 0 aromatic heterocycles. The summed E-state index contributed by atoms with van der Waals surface area (Å²) in [5.41, 5.74) is 0. The van der Waals surface area contributed by atoms with Crippen molar-refractivity contribution in [2.45, 2.75) is 6.92 Å². The van der Waals surface area contributed by atoms with Crippen molar-refractivity contribution in [3.05, 3.63) is 19.6 Å². The summed E-state index contributed by atoms with van der Waals surface area (Å²) in [6, 6.07) is 0. The topological polar surface area (TPSA) is 17.1 Å². The molecule has 0 bridgehead atoms. The van der Waals surface area contributed by atoms with Gasteiger partial charge in [-0.05, 0) is 0 Å². The molecule has 0 aromatic rings. The van der Waals surface area contributed by atoms with Crippen LogP contribution in [0.3, 0.4) is 0 Å². The summed E-state index contributed by atoms with van der Waals surface area (Å²) in [7, 11) is 0. The molecule has 1 nitrogen and oxygen atoms in total. The zero-order valence-electron chi connectivity index (χ0n) is 4.97. The third-order valence-corrected chi connectivity index (χ3v) is 0.203. The molecule has 0 fully saturated rings. The molecule has 0 saturated carbocycles. The normalized spacial score (nSPS) is 5.62. The van der Waals surface area contributed by atoms with Gasteiger partial charge in [0.15, 0.2) is 0 Å². The number of rotatable bonds is 1. The van der Waals surface area contributed by atoms with Gasteiger partial charge in [-0.3, -0.25) is 6.29 Å². The molecule has 0 aliphatic heterocycles. The van der Waals surface area contributed by atoms with E-state index in [1.165, 1.54) is 12.4 Å². The zero-order valence-corrected chi connectivity index (χ0v) is 10.7. The van der Waals surface area contributed by atoms with Crippen LogP contribution < -0.4 is 0 Å². The Bertz CT molecular complexity index is 54.4. The largest absolute Gasteiger partial charge is 2.00 e. The number of hydrogen-bond donors (Lipinski definition) is 0. The number of carbonyl (C=O) groups excluding carboxylic acids is 1. The van der Waals surface area contributed by atoms with E-state index in [4.69, 9.17) is 4.79 Å². The van der Waals surface area contributed by atoms with Gasteiger partial charge in [0.05, 0.1) is 0 Å². The fraction of sp³-hybridized carbons (Fsp3) is 0.200. The van der Waals surface area contributed by atoms with Gasteiger partial charge in [0.1, 0.15) is 0 Å². The Morgan fingerprint density at radius 3 is 1.88 bits per heavy atom. The van der Waals surface area contributed by atoms with Crippen molar-refractivity contribution in [3.63, 3.8) is 0 Å². The number of hydrogen-bond acceptors (Lipinski definition) is 1. The molecular formula is C5H7OWY-. The minimum absolute atomic E-state index is 0. The minimum Gasteiger partial charge on any atom is -0.540 e. The Morgan fingerprint density at radius 1 is 1.50 bits per heavy atom. The quantitative estimate of drug-likeness (QED) is 0.505. The summed E-state index contributed by atoms with van der Waals surface area (Å²) < 4.78 is 0. The molecule has 8 heavy (non-hydrogen) atoms. The third kappa shape index (κ3) is 27.0. The molecule has 0 atom stereocenters. The summed E-state index contributed by atoms with van der Waals surface area (Å²) in [5, 5.41) is 0. The molecule has 0 spiro atoms. The average Bonchev–Trinajstić information content (AvgIpc) is 1.41. The Hall–Kier alpha value is 1.20. The van der Waals surface area contributed by atoms with Crippen LogP contribution in [0.15, 0.2) is 6.08 Å². The smallest absolute Gasteiger partial charge is 0.540 e. The van der Waals surface area contributed by atoms with E-state index in [2.05, 4.69) is 6.08 Å². The first-order chi connectivity index (χ1) is 2.41. The summed E-state index contributed by atoms with van der Waals surface area (Å²) in [6.07, 6.45) is 5.19. The van der Waals surface area contributed by atoms with Crippen molar-refractivity contribution < 1.29 is 58.6 Å². The van der Waals surface area contributed by atoms with E-state index in [1.54, 1.807) is 6.92 Å². The van der Waals surface area contributed by atoms with Crippen LogP contribution in [0.1, 0.15) is 6.92 Å². The first-order valence-electron chi connectivity index (χ1n) is 1.28. The van der Waals surface area contributed by atoms with Gasteiger partial charge in [-0.25, -0.2) is 6.92 Å². The van der Waals surface area contributed by atoms with E-state index in [-0.39, 0.29) is 61.2 Å². The molecule has 0 N–H and O–H groups in total. The Labute approximate surface area is 90.4 Å². The van der Waals surface area contributed by atoms with Gasteiger partial charge in [-0.15, -0.1) is 0 Å². The van der Waals surface area contributed by atoms with Crippen LogP contribution in [0.5, 0.6) is 0 Å². The van der Waals surface area contributed by atoms with Crippen LogP contribution in [-0.2, 0) is 58.6 Å². The summed E-state index contributed by atoms with van der Waals surface area (Å²) in [5.74, 6) is 0. The fourth-order valence-corrected chi connectivity index (χ4v) is 0.0589. The Balaban J connectivity index is -0.0000000267. The van der Waals surface area contributed by atoms with E-state index in [0.29, 0.717) is 0 Å². The van der Waals surface area contributed by atoms with Crippen LogP contribution in [0.2, 0.25) is 0 Å². The van der Waals surface area contributed by atoms with Gasteiger partial charge < -0.3 is 24.4 Å². The molecule has 1 radical (unpaired) electrons. The molecule has 0 aromatic carbocycles. The maximum atomic E-state index is 9.16. The molecule has 0 saturated heterocycles. The maximum absolute atomic E-state index is 9.16. The van der Waals surface area contributed by atoms with Gasteiger partial charge in [-0.2, -0.15) is 0 Å². The molecule has 0 heterocycles. The maximum Gasteiger partial charge on any atom is 2.00 e. The van der Waals surface area contributed by atoms with Crippen LogP contribution in [0.25, 0.3) is 0 Å². The zero-order chi connectivity index (χ0) is 4.12. The Kier molecular flexibility index (Phi) is 68.9. The van der Waals surface area contributed by atoms with E-state index < -0.39 is 0 Å². The van der Waals surface area contributed by atoms with E-state index in [9.17, 15) is 0 Å². The molecular weight excluding hydrogens is 349 g/mol. The summed E-state index contributed by atoms with van der Waals surface area (Å²) in [4.78, 5) is 9.16. The van der Waals surface area contributed by atoms with Crippen molar-refractivity contribution in [2.75, 3.05) is 0 Å². The van der Waals surface area contributed by atoms with Crippen LogP contribution in [-0.4, -0.2) is 6.29 Å².